The van der Waals surface area contributed by atoms with Crippen molar-refractivity contribution in [2.45, 2.75) is 24.3 Å². The molecule has 1 amide bonds. The van der Waals surface area contributed by atoms with Crippen molar-refractivity contribution in [3.63, 3.8) is 0 Å². The molecule has 1 saturated heterocycles. The summed E-state index contributed by atoms with van der Waals surface area (Å²) in [5.74, 6) is 0.0341. The van der Waals surface area contributed by atoms with E-state index in [1.807, 2.05) is 6.07 Å². The van der Waals surface area contributed by atoms with Crippen molar-refractivity contribution in [2.75, 3.05) is 39.3 Å². The summed E-state index contributed by atoms with van der Waals surface area (Å²) in [6.45, 7) is 6.12. The van der Waals surface area contributed by atoms with Crippen molar-refractivity contribution in [2.24, 2.45) is 5.14 Å². The molecule has 0 aliphatic carbocycles. The molecule has 1 aromatic carbocycles. The van der Waals surface area contributed by atoms with Crippen LogP contribution in [0.3, 0.4) is 0 Å². The summed E-state index contributed by atoms with van der Waals surface area (Å²) >= 11 is 7.62. The molecule has 1 aromatic heterocycles. The minimum Gasteiger partial charge on any atom is -0.356 e. The van der Waals surface area contributed by atoms with E-state index in [2.05, 4.69) is 21.2 Å². The van der Waals surface area contributed by atoms with Gasteiger partial charge in [0.05, 0.1) is 9.23 Å². The first-order valence-electron chi connectivity index (χ1n) is 9.87. The SMILES string of the molecule is NS(=O)(=O)c1ccc(CCNC(=O)CCN2CCN(Cc3ccc(Cl)s3)CC2)cc1. The lowest BCUT2D eigenvalue weighted by atomic mass is 10.1. The summed E-state index contributed by atoms with van der Waals surface area (Å²) < 4.78 is 23.4. The smallest absolute Gasteiger partial charge is 0.238 e. The molecule has 10 heteroatoms. The maximum Gasteiger partial charge on any atom is 0.238 e. The first-order valence-corrected chi connectivity index (χ1v) is 12.6. The fourth-order valence-electron chi connectivity index (χ4n) is 3.37. The van der Waals surface area contributed by atoms with Crippen LogP contribution in [0.2, 0.25) is 4.34 Å². The van der Waals surface area contributed by atoms with Gasteiger partial charge in [-0.3, -0.25) is 9.69 Å². The maximum absolute atomic E-state index is 12.1. The highest BCUT2D eigenvalue weighted by atomic mass is 35.5. The first kappa shape index (κ1) is 23.2. The summed E-state index contributed by atoms with van der Waals surface area (Å²) in [5.41, 5.74) is 0.950. The van der Waals surface area contributed by atoms with Crippen molar-refractivity contribution >= 4 is 38.9 Å². The third-order valence-corrected chi connectivity index (χ3v) is 7.26. The van der Waals surface area contributed by atoms with Gasteiger partial charge in [-0.25, -0.2) is 13.6 Å². The third-order valence-electron chi connectivity index (χ3n) is 5.12. The molecular weight excluding hydrogens is 444 g/mol. The summed E-state index contributed by atoms with van der Waals surface area (Å²) in [5, 5.41) is 8.02. The zero-order chi connectivity index (χ0) is 21.6. The van der Waals surface area contributed by atoms with Crippen LogP contribution in [0.25, 0.3) is 0 Å². The van der Waals surface area contributed by atoms with Crippen LogP contribution in [0.4, 0.5) is 0 Å². The summed E-state index contributed by atoms with van der Waals surface area (Å²) in [7, 11) is -3.67. The molecule has 2 heterocycles. The Morgan fingerprint density at radius 1 is 1.07 bits per heavy atom. The molecule has 0 spiro atoms. The molecule has 1 fully saturated rings. The quantitative estimate of drug-likeness (QED) is 0.583. The Morgan fingerprint density at radius 3 is 2.33 bits per heavy atom. The molecule has 30 heavy (non-hydrogen) atoms. The lowest BCUT2D eigenvalue weighted by molar-refractivity contribution is -0.121. The zero-order valence-corrected chi connectivity index (χ0v) is 19.1. The Kier molecular flexibility index (Phi) is 8.27. The second-order valence-corrected chi connectivity index (χ2v) is 10.7. The van der Waals surface area contributed by atoms with Crippen LogP contribution in [0.5, 0.6) is 0 Å². The minimum atomic E-state index is -3.67. The van der Waals surface area contributed by atoms with Crippen LogP contribution >= 0.6 is 22.9 Å². The molecule has 3 N–H and O–H groups in total. The zero-order valence-electron chi connectivity index (χ0n) is 16.7. The number of amides is 1. The lowest BCUT2D eigenvalue weighted by Gasteiger charge is -2.34. The number of halogens is 1. The number of thiophene rings is 1. The largest absolute Gasteiger partial charge is 0.356 e. The van der Waals surface area contributed by atoms with Crippen LogP contribution in [-0.2, 0) is 27.8 Å². The van der Waals surface area contributed by atoms with Gasteiger partial charge in [0, 0.05) is 57.1 Å². The van der Waals surface area contributed by atoms with E-state index >= 15 is 0 Å². The molecule has 0 bridgehead atoms. The lowest BCUT2D eigenvalue weighted by Crippen LogP contribution is -2.46. The molecule has 164 valence electrons. The van der Waals surface area contributed by atoms with Gasteiger partial charge in [-0.15, -0.1) is 11.3 Å². The molecular formula is C20H27ClN4O3S2. The number of carbonyl (C=O) groups is 1. The van der Waals surface area contributed by atoms with Crippen LogP contribution < -0.4 is 10.5 Å². The summed E-state index contributed by atoms with van der Waals surface area (Å²) in [4.78, 5) is 18.2. The molecule has 1 aliphatic rings. The average molecular weight is 471 g/mol. The van der Waals surface area contributed by atoms with Gasteiger partial charge in [0.2, 0.25) is 15.9 Å². The van der Waals surface area contributed by atoms with Gasteiger partial charge >= 0.3 is 0 Å². The molecule has 1 aliphatic heterocycles. The van der Waals surface area contributed by atoms with Crippen molar-refractivity contribution < 1.29 is 13.2 Å². The van der Waals surface area contributed by atoms with E-state index in [4.69, 9.17) is 16.7 Å². The number of nitrogens with zero attached hydrogens (tertiary/aromatic N) is 2. The standard InChI is InChI=1S/C20H27ClN4O3S2/c21-19-6-3-17(29-19)15-25-13-11-24(12-14-25)10-8-20(26)23-9-7-16-1-4-18(5-2-16)30(22,27)28/h1-6H,7-15H2,(H,23,26)(H2,22,27,28). The van der Waals surface area contributed by atoms with E-state index in [1.165, 1.54) is 17.0 Å². The Labute approximate surface area is 186 Å². The molecule has 3 rings (SSSR count). The number of carbonyl (C=O) groups excluding carboxylic acids is 1. The van der Waals surface area contributed by atoms with Gasteiger partial charge in [-0.1, -0.05) is 23.7 Å². The first-order chi connectivity index (χ1) is 14.3. The van der Waals surface area contributed by atoms with Crippen LogP contribution in [0.15, 0.2) is 41.3 Å². The van der Waals surface area contributed by atoms with E-state index < -0.39 is 10.0 Å². The molecule has 0 atom stereocenters. The Bertz CT molecular complexity index is 939. The van der Waals surface area contributed by atoms with E-state index in [1.54, 1.807) is 23.5 Å². The number of sulfonamides is 1. The monoisotopic (exact) mass is 470 g/mol. The number of piperazine rings is 1. The molecule has 2 aromatic rings. The highest BCUT2D eigenvalue weighted by Crippen LogP contribution is 2.23. The van der Waals surface area contributed by atoms with Crippen molar-refractivity contribution in [1.29, 1.82) is 0 Å². The van der Waals surface area contributed by atoms with Crippen LogP contribution in [0, 0.1) is 0 Å². The number of nitrogens with two attached hydrogens (primary N) is 1. The van der Waals surface area contributed by atoms with Gasteiger partial charge in [-0.05, 0) is 36.2 Å². The Hall–Kier alpha value is -1.49. The van der Waals surface area contributed by atoms with E-state index in [0.29, 0.717) is 19.4 Å². The van der Waals surface area contributed by atoms with E-state index in [-0.39, 0.29) is 10.8 Å². The maximum atomic E-state index is 12.1. The number of hydrogen-bond donors (Lipinski definition) is 2. The van der Waals surface area contributed by atoms with Crippen LogP contribution in [-0.4, -0.2) is 63.4 Å². The molecule has 0 saturated carbocycles. The topological polar surface area (TPSA) is 95.7 Å². The summed E-state index contributed by atoms with van der Waals surface area (Å²) in [6.07, 6.45) is 1.12. The van der Waals surface area contributed by atoms with Crippen molar-refractivity contribution in [1.82, 2.24) is 15.1 Å². The second-order valence-electron chi connectivity index (χ2n) is 7.36. The number of rotatable bonds is 9. The van der Waals surface area contributed by atoms with Gasteiger partial charge in [-0.2, -0.15) is 0 Å². The number of nitrogens with one attached hydrogen (secondary N) is 1. The second kappa shape index (κ2) is 10.7. The predicted octanol–water partition coefficient (Wildman–Crippen LogP) is 1.92. The fourth-order valence-corrected chi connectivity index (χ4v) is 5.01. The third kappa shape index (κ3) is 7.33. The van der Waals surface area contributed by atoms with E-state index in [0.717, 1.165) is 49.2 Å². The average Bonchev–Trinajstić information content (AvgIpc) is 3.12. The number of primary sulfonamides is 1. The van der Waals surface area contributed by atoms with Gasteiger partial charge in [0.15, 0.2) is 0 Å². The van der Waals surface area contributed by atoms with Gasteiger partial charge < -0.3 is 10.2 Å². The van der Waals surface area contributed by atoms with Crippen LogP contribution in [0.1, 0.15) is 16.9 Å². The minimum absolute atomic E-state index is 0.0341. The normalized spacial score (nSPS) is 15.9. The van der Waals surface area contributed by atoms with Crippen molar-refractivity contribution in [3.05, 3.63) is 51.2 Å². The predicted molar refractivity (Wildman–Crippen MR) is 120 cm³/mol. The van der Waals surface area contributed by atoms with E-state index in [9.17, 15) is 13.2 Å². The number of hydrogen-bond acceptors (Lipinski definition) is 6. The fraction of sp³-hybridized carbons (Fsp3) is 0.450. The highest BCUT2D eigenvalue weighted by molar-refractivity contribution is 7.89. The number of benzene rings is 1. The molecule has 0 radical (unpaired) electrons. The molecule has 7 nitrogen and oxygen atoms in total. The van der Waals surface area contributed by atoms with Gasteiger partial charge in [0.1, 0.15) is 0 Å². The Balaban J connectivity index is 1.30. The van der Waals surface area contributed by atoms with Crippen molar-refractivity contribution in [3.8, 4) is 0 Å². The molecule has 0 unspecified atom stereocenters. The van der Waals surface area contributed by atoms with Gasteiger partial charge in [0.25, 0.3) is 0 Å². The summed E-state index contributed by atoms with van der Waals surface area (Å²) in [6, 6.07) is 10.4. The highest BCUT2D eigenvalue weighted by Gasteiger charge is 2.18. The Morgan fingerprint density at radius 2 is 1.73 bits per heavy atom.